The molecule has 0 bridgehead atoms. The van der Waals surface area contributed by atoms with E-state index in [9.17, 15) is 4.79 Å². The number of carbonyl (C=O) groups is 1. The highest BCUT2D eigenvalue weighted by atomic mass is 16.1. The Morgan fingerprint density at radius 2 is 1.95 bits per heavy atom. The molecule has 1 amide bonds. The summed E-state index contributed by atoms with van der Waals surface area (Å²) in [4.78, 5) is 15.4. The number of hydrogen-bond acceptors (Lipinski definition) is 2. The number of aromatic amines is 1. The fourth-order valence-corrected chi connectivity index (χ4v) is 2.25. The van der Waals surface area contributed by atoms with Gasteiger partial charge in [0.25, 0.3) is 5.91 Å². The van der Waals surface area contributed by atoms with Crippen molar-refractivity contribution in [1.29, 1.82) is 5.26 Å². The summed E-state index contributed by atoms with van der Waals surface area (Å²) in [6, 6.07) is 16.8. The van der Waals surface area contributed by atoms with E-state index >= 15 is 0 Å². The number of hydrogen-bond donors (Lipinski definition) is 2. The Balaban J connectivity index is 1.74. The summed E-state index contributed by atoms with van der Waals surface area (Å²) < 4.78 is 0. The highest BCUT2D eigenvalue weighted by Gasteiger charge is 2.10. The zero-order valence-corrected chi connectivity index (χ0v) is 11.3. The Bertz CT molecular complexity index is 825. The molecule has 0 atom stereocenters. The summed E-state index contributed by atoms with van der Waals surface area (Å²) in [6.07, 6.45) is 1.82. The maximum absolute atomic E-state index is 12.3. The summed E-state index contributed by atoms with van der Waals surface area (Å²) in [6.45, 7) is 0.432. The summed E-state index contributed by atoms with van der Waals surface area (Å²) in [5, 5.41) is 12.7. The van der Waals surface area contributed by atoms with Gasteiger partial charge >= 0.3 is 0 Å². The van der Waals surface area contributed by atoms with E-state index in [0.29, 0.717) is 17.7 Å². The van der Waals surface area contributed by atoms with Crippen LogP contribution in [0.1, 0.15) is 21.5 Å². The van der Waals surface area contributed by atoms with Gasteiger partial charge in [-0.1, -0.05) is 24.3 Å². The third-order valence-electron chi connectivity index (χ3n) is 3.37. The molecule has 0 radical (unpaired) electrons. The van der Waals surface area contributed by atoms with E-state index in [4.69, 9.17) is 5.26 Å². The van der Waals surface area contributed by atoms with Crippen LogP contribution in [0.4, 0.5) is 0 Å². The van der Waals surface area contributed by atoms with Gasteiger partial charge < -0.3 is 10.3 Å². The van der Waals surface area contributed by atoms with E-state index in [1.807, 2.05) is 36.5 Å². The number of nitrogens with one attached hydrogen (secondary N) is 2. The monoisotopic (exact) mass is 275 g/mol. The molecule has 3 rings (SSSR count). The van der Waals surface area contributed by atoms with E-state index in [2.05, 4.69) is 16.4 Å². The molecule has 2 N–H and O–H groups in total. The van der Waals surface area contributed by atoms with Gasteiger partial charge in [-0.25, -0.2) is 0 Å². The number of benzene rings is 2. The Morgan fingerprint density at radius 3 is 2.71 bits per heavy atom. The SMILES string of the molecule is N#Cc1ccc(CNC(=O)c2cccc3cc[nH]c23)cc1. The Hall–Kier alpha value is -3.06. The van der Waals surface area contributed by atoms with Crippen molar-refractivity contribution in [2.24, 2.45) is 0 Å². The van der Waals surface area contributed by atoms with Gasteiger partial charge in [0.05, 0.1) is 22.7 Å². The number of nitriles is 1. The normalized spacial score (nSPS) is 10.2. The Kier molecular flexibility index (Phi) is 3.40. The summed E-state index contributed by atoms with van der Waals surface area (Å²) in [7, 11) is 0. The van der Waals surface area contributed by atoms with Crippen molar-refractivity contribution >= 4 is 16.8 Å². The molecule has 0 aliphatic rings. The summed E-state index contributed by atoms with van der Waals surface area (Å²) in [5.74, 6) is -0.118. The number of H-pyrrole nitrogens is 1. The lowest BCUT2D eigenvalue weighted by molar-refractivity contribution is 0.0952. The lowest BCUT2D eigenvalue weighted by Crippen LogP contribution is -2.23. The minimum atomic E-state index is -0.118. The smallest absolute Gasteiger partial charge is 0.253 e. The molecule has 4 nitrogen and oxygen atoms in total. The van der Waals surface area contributed by atoms with Gasteiger partial charge in [0.15, 0.2) is 0 Å². The molecule has 1 heterocycles. The molecule has 102 valence electrons. The maximum Gasteiger partial charge on any atom is 0.253 e. The van der Waals surface area contributed by atoms with E-state index in [-0.39, 0.29) is 5.91 Å². The minimum Gasteiger partial charge on any atom is -0.361 e. The lowest BCUT2D eigenvalue weighted by Gasteiger charge is -2.06. The second kappa shape index (κ2) is 5.51. The van der Waals surface area contributed by atoms with Gasteiger partial charge in [0.1, 0.15) is 0 Å². The summed E-state index contributed by atoms with van der Waals surface area (Å²) >= 11 is 0. The first kappa shape index (κ1) is 12.9. The number of aromatic nitrogens is 1. The molecule has 0 spiro atoms. The van der Waals surface area contributed by atoms with Gasteiger partial charge in [-0.15, -0.1) is 0 Å². The standard InChI is InChI=1S/C17H13N3O/c18-10-12-4-6-13(7-5-12)11-20-17(21)15-3-1-2-14-8-9-19-16(14)15/h1-9,19H,11H2,(H,20,21). The van der Waals surface area contributed by atoms with Crippen molar-refractivity contribution in [2.75, 3.05) is 0 Å². The molecule has 3 aromatic rings. The van der Waals surface area contributed by atoms with Crippen molar-refractivity contribution < 1.29 is 4.79 Å². The largest absolute Gasteiger partial charge is 0.361 e. The molecule has 0 fully saturated rings. The molecular weight excluding hydrogens is 262 g/mol. The van der Waals surface area contributed by atoms with Crippen molar-refractivity contribution in [1.82, 2.24) is 10.3 Å². The van der Waals surface area contributed by atoms with Gasteiger partial charge in [-0.05, 0) is 29.8 Å². The zero-order chi connectivity index (χ0) is 14.7. The molecule has 0 saturated carbocycles. The van der Waals surface area contributed by atoms with Gasteiger partial charge in [0.2, 0.25) is 0 Å². The second-order valence-corrected chi connectivity index (χ2v) is 4.74. The number of carbonyl (C=O) groups excluding carboxylic acids is 1. The average Bonchev–Trinajstić information content (AvgIpc) is 3.01. The fourth-order valence-electron chi connectivity index (χ4n) is 2.25. The topological polar surface area (TPSA) is 68.7 Å². The van der Waals surface area contributed by atoms with Crippen LogP contribution < -0.4 is 5.32 Å². The highest BCUT2D eigenvalue weighted by Crippen LogP contribution is 2.16. The second-order valence-electron chi connectivity index (χ2n) is 4.74. The van der Waals surface area contributed by atoms with Crippen LogP contribution in [0.5, 0.6) is 0 Å². The van der Waals surface area contributed by atoms with Crippen LogP contribution in [-0.4, -0.2) is 10.9 Å². The Labute approximate surface area is 122 Å². The molecule has 0 unspecified atom stereocenters. The summed E-state index contributed by atoms with van der Waals surface area (Å²) in [5.41, 5.74) is 3.04. The molecule has 1 aromatic heterocycles. The number of fused-ring (bicyclic) bond motifs is 1. The molecule has 2 aromatic carbocycles. The fraction of sp³-hybridized carbons (Fsp3) is 0.0588. The van der Waals surface area contributed by atoms with Crippen LogP contribution in [0.2, 0.25) is 0 Å². The van der Waals surface area contributed by atoms with Crippen molar-refractivity contribution in [3.8, 4) is 6.07 Å². The van der Waals surface area contributed by atoms with E-state index in [1.54, 1.807) is 18.2 Å². The average molecular weight is 275 g/mol. The van der Waals surface area contributed by atoms with Crippen molar-refractivity contribution in [3.05, 3.63) is 71.4 Å². The van der Waals surface area contributed by atoms with Crippen LogP contribution in [0.15, 0.2) is 54.7 Å². The first-order valence-electron chi connectivity index (χ1n) is 6.61. The number of para-hydroxylation sites is 1. The molecular formula is C17H13N3O. The molecule has 0 aliphatic heterocycles. The van der Waals surface area contributed by atoms with Crippen molar-refractivity contribution in [3.63, 3.8) is 0 Å². The lowest BCUT2D eigenvalue weighted by atomic mass is 10.1. The third-order valence-corrected chi connectivity index (χ3v) is 3.37. The zero-order valence-electron chi connectivity index (χ0n) is 11.3. The first-order chi connectivity index (χ1) is 10.3. The molecule has 0 saturated heterocycles. The maximum atomic E-state index is 12.3. The quantitative estimate of drug-likeness (QED) is 0.771. The van der Waals surface area contributed by atoms with Gasteiger partial charge in [0, 0.05) is 18.1 Å². The minimum absolute atomic E-state index is 0.118. The van der Waals surface area contributed by atoms with Crippen LogP contribution >= 0.6 is 0 Å². The van der Waals surface area contributed by atoms with Crippen LogP contribution in [-0.2, 0) is 6.54 Å². The number of nitrogens with zero attached hydrogens (tertiary/aromatic N) is 1. The van der Waals surface area contributed by atoms with Crippen LogP contribution in [0.25, 0.3) is 10.9 Å². The molecule has 4 heteroatoms. The molecule has 21 heavy (non-hydrogen) atoms. The molecule has 0 aliphatic carbocycles. The van der Waals surface area contributed by atoms with Gasteiger partial charge in [-0.2, -0.15) is 5.26 Å². The predicted octanol–water partition coefficient (Wildman–Crippen LogP) is 2.97. The van der Waals surface area contributed by atoms with Crippen molar-refractivity contribution in [2.45, 2.75) is 6.54 Å². The first-order valence-corrected chi connectivity index (χ1v) is 6.61. The van der Waals surface area contributed by atoms with E-state index < -0.39 is 0 Å². The van der Waals surface area contributed by atoms with Crippen LogP contribution in [0.3, 0.4) is 0 Å². The third kappa shape index (κ3) is 2.63. The highest BCUT2D eigenvalue weighted by molar-refractivity contribution is 6.05. The predicted molar refractivity (Wildman–Crippen MR) is 80.6 cm³/mol. The van der Waals surface area contributed by atoms with Crippen LogP contribution in [0, 0.1) is 11.3 Å². The number of amides is 1. The Morgan fingerprint density at radius 1 is 1.14 bits per heavy atom. The van der Waals surface area contributed by atoms with Gasteiger partial charge in [-0.3, -0.25) is 4.79 Å². The van der Waals surface area contributed by atoms with E-state index in [0.717, 1.165) is 16.5 Å². The van der Waals surface area contributed by atoms with E-state index in [1.165, 1.54) is 0 Å². The number of rotatable bonds is 3.